The van der Waals surface area contributed by atoms with Crippen LogP contribution in [0.1, 0.15) is 11.4 Å². The van der Waals surface area contributed by atoms with Gasteiger partial charge < -0.3 is 15.5 Å². The number of nitrogens with zero attached hydrogens (tertiary/aromatic N) is 3. The Hall–Kier alpha value is -2.40. The summed E-state index contributed by atoms with van der Waals surface area (Å²) in [5.41, 5.74) is 3.46. The molecular formula is C13H13ClN6O. The highest BCUT2D eigenvalue weighted by Crippen LogP contribution is 2.24. The fraction of sp³-hybridized carbons (Fsp3) is 0.154. The first kappa shape index (κ1) is 15.0. The summed E-state index contributed by atoms with van der Waals surface area (Å²) in [6, 6.07) is 8.62. The third-order valence-corrected chi connectivity index (χ3v) is 2.79. The van der Waals surface area contributed by atoms with E-state index in [1.807, 2.05) is 0 Å². The summed E-state index contributed by atoms with van der Waals surface area (Å²) < 4.78 is 5.00. The molecule has 0 aliphatic heterocycles. The van der Waals surface area contributed by atoms with Gasteiger partial charge in [0.1, 0.15) is 24.3 Å². The molecule has 2 rings (SSSR count). The number of anilines is 3. The molecule has 4 N–H and O–H groups in total. The molecule has 0 radical (unpaired) electrons. The number of hydrogen-bond acceptors (Lipinski definition) is 7. The highest BCUT2D eigenvalue weighted by molar-refractivity contribution is 6.30. The standard InChI is InChI=1S/C13H13ClN6O/c1-21-7-13-18-11(5-12(19-13)20-16)17-10-4-9(14)3-2-8(10)6-15/h2-5H,7,16H2,1H3,(H2,17,18,19,20). The number of nitrogens with one attached hydrogen (secondary N) is 2. The summed E-state index contributed by atoms with van der Waals surface area (Å²) in [6.45, 7) is 0.241. The third-order valence-electron chi connectivity index (χ3n) is 2.56. The van der Waals surface area contributed by atoms with Gasteiger partial charge in [-0.2, -0.15) is 5.26 Å². The molecular weight excluding hydrogens is 292 g/mol. The van der Waals surface area contributed by atoms with Crippen molar-refractivity contribution in [3.8, 4) is 6.07 Å². The third kappa shape index (κ3) is 3.79. The minimum atomic E-state index is 0.241. The zero-order valence-corrected chi connectivity index (χ0v) is 12.0. The summed E-state index contributed by atoms with van der Waals surface area (Å²) in [4.78, 5) is 8.42. The molecule has 8 heteroatoms. The van der Waals surface area contributed by atoms with Gasteiger partial charge in [-0.05, 0) is 18.2 Å². The second-order valence-electron chi connectivity index (χ2n) is 4.06. The van der Waals surface area contributed by atoms with E-state index in [0.29, 0.717) is 33.7 Å². The fourth-order valence-electron chi connectivity index (χ4n) is 1.68. The van der Waals surface area contributed by atoms with E-state index in [-0.39, 0.29) is 6.61 Å². The van der Waals surface area contributed by atoms with Crippen molar-refractivity contribution in [1.29, 1.82) is 5.26 Å². The Labute approximate surface area is 126 Å². The summed E-state index contributed by atoms with van der Waals surface area (Å²) in [7, 11) is 1.55. The number of nitrogens with two attached hydrogens (primary N) is 1. The van der Waals surface area contributed by atoms with E-state index in [2.05, 4.69) is 26.8 Å². The van der Waals surface area contributed by atoms with Gasteiger partial charge in [0.15, 0.2) is 5.82 Å². The van der Waals surface area contributed by atoms with Crippen LogP contribution in [0, 0.1) is 11.3 Å². The Balaban J connectivity index is 2.37. The first-order valence-electron chi connectivity index (χ1n) is 5.96. The maximum Gasteiger partial charge on any atom is 0.158 e. The normalized spacial score (nSPS) is 10.0. The molecule has 0 saturated heterocycles. The van der Waals surface area contributed by atoms with Gasteiger partial charge in [-0.25, -0.2) is 15.8 Å². The lowest BCUT2D eigenvalue weighted by Gasteiger charge is -2.11. The molecule has 0 amide bonds. The summed E-state index contributed by atoms with van der Waals surface area (Å²) in [5, 5.41) is 12.7. The van der Waals surface area contributed by atoms with Gasteiger partial charge >= 0.3 is 0 Å². The molecule has 0 atom stereocenters. The number of hydrazine groups is 1. The molecule has 1 heterocycles. The van der Waals surface area contributed by atoms with Crippen LogP contribution in [0.15, 0.2) is 24.3 Å². The van der Waals surface area contributed by atoms with E-state index >= 15 is 0 Å². The number of halogens is 1. The molecule has 21 heavy (non-hydrogen) atoms. The quantitative estimate of drug-likeness (QED) is 0.573. The summed E-state index contributed by atoms with van der Waals surface area (Å²) in [6.07, 6.45) is 0. The SMILES string of the molecule is COCc1nc(NN)cc(Nc2cc(Cl)ccc2C#N)n1. The van der Waals surface area contributed by atoms with Crippen LogP contribution in [0.2, 0.25) is 5.02 Å². The van der Waals surface area contributed by atoms with Crippen molar-refractivity contribution >= 4 is 28.9 Å². The van der Waals surface area contributed by atoms with Crippen molar-refractivity contribution in [3.63, 3.8) is 0 Å². The number of rotatable bonds is 5. The van der Waals surface area contributed by atoms with Crippen LogP contribution in [0.4, 0.5) is 17.3 Å². The van der Waals surface area contributed by atoms with Crippen LogP contribution in [0.5, 0.6) is 0 Å². The van der Waals surface area contributed by atoms with E-state index in [0.717, 1.165) is 0 Å². The lowest BCUT2D eigenvalue weighted by molar-refractivity contribution is 0.178. The molecule has 0 spiro atoms. The maximum atomic E-state index is 9.11. The van der Waals surface area contributed by atoms with Crippen LogP contribution in [0.3, 0.4) is 0 Å². The number of nitrogen functional groups attached to an aromatic ring is 1. The molecule has 1 aromatic carbocycles. The Morgan fingerprint density at radius 2 is 2.10 bits per heavy atom. The molecule has 2 aromatic rings. The number of hydrogen-bond donors (Lipinski definition) is 3. The number of aromatic nitrogens is 2. The molecule has 0 saturated carbocycles. The molecule has 0 fully saturated rings. The fourth-order valence-corrected chi connectivity index (χ4v) is 1.86. The predicted octanol–water partition coefficient (Wildman–Crippen LogP) is 2.18. The lowest BCUT2D eigenvalue weighted by atomic mass is 10.2. The van der Waals surface area contributed by atoms with Crippen LogP contribution in [0.25, 0.3) is 0 Å². The Bertz CT molecular complexity index is 685. The van der Waals surface area contributed by atoms with Gasteiger partial charge in [-0.15, -0.1) is 0 Å². The van der Waals surface area contributed by atoms with Gasteiger partial charge in [0.25, 0.3) is 0 Å². The zero-order chi connectivity index (χ0) is 15.2. The summed E-state index contributed by atoms with van der Waals surface area (Å²) >= 11 is 5.95. The average Bonchev–Trinajstić information content (AvgIpc) is 2.47. The van der Waals surface area contributed by atoms with Crippen LogP contribution in [-0.2, 0) is 11.3 Å². The van der Waals surface area contributed by atoms with Gasteiger partial charge in [-0.3, -0.25) is 0 Å². The predicted molar refractivity (Wildman–Crippen MR) is 80.0 cm³/mol. The van der Waals surface area contributed by atoms with Crippen molar-refractivity contribution < 1.29 is 4.74 Å². The molecule has 108 valence electrons. The second-order valence-corrected chi connectivity index (χ2v) is 4.50. The number of ether oxygens (including phenoxy) is 1. The molecule has 0 bridgehead atoms. The van der Waals surface area contributed by atoms with Crippen molar-refractivity contribution in [2.24, 2.45) is 5.84 Å². The first-order chi connectivity index (χ1) is 10.2. The van der Waals surface area contributed by atoms with Gasteiger partial charge in [-0.1, -0.05) is 11.6 Å². The monoisotopic (exact) mass is 304 g/mol. The minimum Gasteiger partial charge on any atom is -0.377 e. The van der Waals surface area contributed by atoms with E-state index in [1.54, 1.807) is 31.4 Å². The van der Waals surface area contributed by atoms with Crippen molar-refractivity contribution in [2.45, 2.75) is 6.61 Å². The number of methoxy groups -OCH3 is 1. The largest absolute Gasteiger partial charge is 0.377 e. The summed E-state index contributed by atoms with van der Waals surface area (Å²) in [5.74, 6) is 6.74. The van der Waals surface area contributed by atoms with Gasteiger partial charge in [0.05, 0.1) is 11.3 Å². The Morgan fingerprint density at radius 1 is 1.33 bits per heavy atom. The highest BCUT2D eigenvalue weighted by Gasteiger charge is 2.08. The first-order valence-corrected chi connectivity index (χ1v) is 6.34. The van der Waals surface area contributed by atoms with Crippen LogP contribution in [-0.4, -0.2) is 17.1 Å². The van der Waals surface area contributed by atoms with Crippen LogP contribution < -0.4 is 16.6 Å². The highest BCUT2D eigenvalue weighted by atomic mass is 35.5. The lowest BCUT2D eigenvalue weighted by Crippen LogP contribution is -2.12. The molecule has 1 aromatic heterocycles. The topological polar surface area (TPSA) is 109 Å². The van der Waals surface area contributed by atoms with Crippen molar-refractivity contribution in [3.05, 3.63) is 40.7 Å². The molecule has 0 aliphatic rings. The van der Waals surface area contributed by atoms with Crippen LogP contribution >= 0.6 is 11.6 Å². The van der Waals surface area contributed by atoms with Crippen molar-refractivity contribution in [2.75, 3.05) is 17.9 Å². The Morgan fingerprint density at radius 3 is 2.76 bits per heavy atom. The van der Waals surface area contributed by atoms with Gasteiger partial charge in [0.2, 0.25) is 0 Å². The average molecular weight is 305 g/mol. The smallest absolute Gasteiger partial charge is 0.158 e. The van der Waals surface area contributed by atoms with Gasteiger partial charge in [0, 0.05) is 18.2 Å². The molecule has 0 unspecified atom stereocenters. The molecule has 0 aliphatic carbocycles. The van der Waals surface area contributed by atoms with E-state index < -0.39 is 0 Å². The number of benzene rings is 1. The number of nitriles is 1. The van der Waals surface area contributed by atoms with E-state index in [1.165, 1.54) is 0 Å². The molecule has 7 nitrogen and oxygen atoms in total. The van der Waals surface area contributed by atoms with Crippen molar-refractivity contribution in [1.82, 2.24) is 9.97 Å². The zero-order valence-electron chi connectivity index (χ0n) is 11.2. The van der Waals surface area contributed by atoms with E-state index in [9.17, 15) is 0 Å². The maximum absolute atomic E-state index is 9.11. The second kappa shape index (κ2) is 6.85. The Kier molecular flexibility index (Phi) is 4.90. The minimum absolute atomic E-state index is 0.241. The van der Waals surface area contributed by atoms with E-state index in [4.69, 9.17) is 27.4 Å².